The minimum Gasteiger partial charge on any atom is -0.384 e. The standard InChI is InChI=1S/C18H19N3O2S/c1-13-16(10-21(20-13)15-6-4-3-5-7-15)17(22)19-12-18(2,23)14-8-9-24-11-14/h3-11,23H,12H2,1-2H3,(H,19,22). The number of hydrogen-bond acceptors (Lipinski definition) is 4. The first kappa shape index (κ1) is 16.4. The zero-order valence-electron chi connectivity index (χ0n) is 13.6. The topological polar surface area (TPSA) is 67.2 Å². The van der Waals surface area contributed by atoms with Gasteiger partial charge in [0.05, 0.1) is 23.5 Å². The van der Waals surface area contributed by atoms with Gasteiger partial charge in [0.25, 0.3) is 5.91 Å². The molecule has 0 saturated heterocycles. The van der Waals surface area contributed by atoms with E-state index in [9.17, 15) is 9.90 Å². The molecule has 124 valence electrons. The molecule has 1 amide bonds. The Kier molecular flexibility index (Phi) is 4.51. The molecule has 3 aromatic rings. The van der Waals surface area contributed by atoms with Crippen LogP contribution in [0.2, 0.25) is 0 Å². The Balaban J connectivity index is 1.73. The highest BCUT2D eigenvalue weighted by molar-refractivity contribution is 7.08. The zero-order valence-corrected chi connectivity index (χ0v) is 14.4. The largest absolute Gasteiger partial charge is 0.384 e. The fourth-order valence-electron chi connectivity index (χ4n) is 2.42. The third-order valence-electron chi connectivity index (χ3n) is 3.90. The Bertz CT molecular complexity index is 823. The molecule has 0 aliphatic heterocycles. The van der Waals surface area contributed by atoms with E-state index in [2.05, 4.69) is 10.4 Å². The molecule has 2 N–H and O–H groups in total. The molecule has 0 saturated carbocycles. The van der Waals surface area contributed by atoms with Crippen LogP contribution in [0.4, 0.5) is 0 Å². The highest BCUT2D eigenvalue weighted by Gasteiger charge is 2.25. The third kappa shape index (κ3) is 3.39. The van der Waals surface area contributed by atoms with E-state index in [-0.39, 0.29) is 12.5 Å². The molecule has 0 aliphatic rings. The van der Waals surface area contributed by atoms with Crippen molar-refractivity contribution in [1.29, 1.82) is 0 Å². The van der Waals surface area contributed by atoms with Gasteiger partial charge in [0.15, 0.2) is 0 Å². The van der Waals surface area contributed by atoms with Gasteiger partial charge >= 0.3 is 0 Å². The minimum atomic E-state index is -1.10. The van der Waals surface area contributed by atoms with Crippen molar-refractivity contribution < 1.29 is 9.90 Å². The molecule has 0 aliphatic carbocycles. The molecule has 1 unspecified atom stereocenters. The van der Waals surface area contributed by atoms with Crippen LogP contribution in [0.1, 0.15) is 28.5 Å². The van der Waals surface area contributed by atoms with E-state index >= 15 is 0 Å². The summed E-state index contributed by atoms with van der Waals surface area (Å²) in [6.07, 6.45) is 1.71. The van der Waals surface area contributed by atoms with Crippen molar-refractivity contribution >= 4 is 17.2 Å². The molecular formula is C18H19N3O2S. The molecule has 2 aromatic heterocycles. The van der Waals surface area contributed by atoms with E-state index < -0.39 is 5.60 Å². The molecule has 0 radical (unpaired) electrons. The minimum absolute atomic E-state index is 0.137. The fourth-order valence-corrected chi connectivity index (χ4v) is 3.20. The Morgan fingerprint density at radius 2 is 2.08 bits per heavy atom. The molecule has 0 spiro atoms. The highest BCUT2D eigenvalue weighted by Crippen LogP contribution is 2.22. The van der Waals surface area contributed by atoms with Crippen molar-refractivity contribution in [3.05, 3.63) is 70.2 Å². The lowest BCUT2D eigenvalue weighted by Gasteiger charge is -2.22. The van der Waals surface area contributed by atoms with Gasteiger partial charge in [-0.3, -0.25) is 4.79 Å². The molecule has 1 aromatic carbocycles. The van der Waals surface area contributed by atoms with Gasteiger partial charge in [0.1, 0.15) is 5.60 Å². The first-order chi connectivity index (χ1) is 11.5. The normalized spacial score (nSPS) is 13.5. The number of aryl methyl sites for hydroxylation is 1. The van der Waals surface area contributed by atoms with Gasteiger partial charge in [-0.1, -0.05) is 18.2 Å². The predicted octanol–water partition coefficient (Wildman–Crippen LogP) is 2.88. The second-order valence-electron chi connectivity index (χ2n) is 5.88. The van der Waals surface area contributed by atoms with Crippen molar-refractivity contribution in [3.63, 3.8) is 0 Å². The molecule has 0 bridgehead atoms. The summed E-state index contributed by atoms with van der Waals surface area (Å²) in [5.74, 6) is -0.245. The predicted molar refractivity (Wildman–Crippen MR) is 94.5 cm³/mol. The maximum Gasteiger partial charge on any atom is 0.254 e. The summed E-state index contributed by atoms with van der Waals surface area (Å²) >= 11 is 1.51. The summed E-state index contributed by atoms with van der Waals surface area (Å²) in [6, 6.07) is 11.5. The number of para-hydroxylation sites is 1. The zero-order chi connectivity index (χ0) is 17.2. The Hall–Kier alpha value is -2.44. The van der Waals surface area contributed by atoms with Crippen LogP contribution < -0.4 is 5.32 Å². The summed E-state index contributed by atoms with van der Waals surface area (Å²) in [5, 5.41) is 21.5. The van der Waals surface area contributed by atoms with Crippen LogP contribution in [-0.4, -0.2) is 27.3 Å². The van der Waals surface area contributed by atoms with Gasteiger partial charge in [-0.2, -0.15) is 16.4 Å². The van der Waals surface area contributed by atoms with Gasteiger partial charge < -0.3 is 10.4 Å². The van der Waals surface area contributed by atoms with Crippen molar-refractivity contribution in [2.75, 3.05) is 6.54 Å². The number of amides is 1. The summed E-state index contributed by atoms with van der Waals surface area (Å²) in [5.41, 5.74) is 1.74. The maximum atomic E-state index is 12.5. The van der Waals surface area contributed by atoms with Crippen LogP contribution in [0.5, 0.6) is 0 Å². The van der Waals surface area contributed by atoms with E-state index in [4.69, 9.17) is 0 Å². The summed E-state index contributed by atoms with van der Waals surface area (Å²) < 4.78 is 1.68. The van der Waals surface area contributed by atoms with Crippen molar-refractivity contribution in [2.24, 2.45) is 0 Å². The molecular weight excluding hydrogens is 322 g/mol. The van der Waals surface area contributed by atoms with Crippen LogP contribution in [-0.2, 0) is 5.60 Å². The smallest absolute Gasteiger partial charge is 0.254 e. The van der Waals surface area contributed by atoms with Crippen LogP contribution in [0, 0.1) is 6.92 Å². The van der Waals surface area contributed by atoms with Crippen molar-refractivity contribution in [2.45, 2.75) is 19.4 Å². The number of aliphatic hydroxyl groups is 1. The number of nitrogens with one attached hydrogen (secondary N) is 1. The molecule has 24 heavy (non-hydrogen) atoms. The van der Waals surface area contributed by atoms with Crippen molar-refractivity contribution in [1.82, 2.24) is 15.1 Å². The van der Waals surface area contributed by atoms with Gasteiger partial charge in [-0.15, -0.1) is 0 Å². The monoisotopic (exact) mass is 341 g/mol. The summed E-state index contributed by atoms with van der Waals surface area (Å²) in [4.78, 5) is 12.5. The van der Waals surface area contributed by atoms with E-state index in [0.717, 1.165) is 11.3 Å². The van der Waals surface area contributed by atoms with Gasteiger partial charge in [0, 0.05) is 6.20 Å². The number of benzene rings is 1. The lowest BCUT2D eigenvalue weighted by atomic mass is 9.99. The number of rotatable bonds is 5. The Morgan fingerprint density at radius 3 is 2.75 bits per heavy atom. The second-order valence-corrected chi connectivity index (χ2v) is 6.66. The van der Waals surface area contributed by atoms with Gasteiger partial charge in [0.2, 0.25) is 0 Å². The Labute approximate surface area is 144 Å². The third-order valence-corrected chi connectivity index (χ3v) is 4.58. The van der Waals surface area contributed by atoms with Crippen molar-refractivity contribution in [3.8, 4) is 5.69 Å². The van der Waals surface area contributed by atoms with E-state index in [1.807, 2.05) is 47.2 Å². The average Bonchev–Trinajstić information content (AvgIpc) is 3.24. The second kappa shape index (κ2) is 6.59. The number of thiophene rings is 1. The van der Waals surface area contributed by atoms with Gasteiger partial charge in [-0.05, 0) is 48.4 Å². The molecule has 1 atom stereocenters. The lowest BCUT2D eigenvalue weighted by Crippen LogP contribution is -2.38. The van der Waals surface area contributed by atoms with E-state index in [0.29, 0.717) is 11.3 Å². The van der Waals surface area contributed by atoms with Gasteiger partial charge in [-0.25, -0.2) is 4.68 Å². The van der Waals surface area contributed by atoms with Crippen LogP contribution >= 0.6 is 11.3 Å². The van der Waals surface area contributed by atoms with Crippen LogP contribution in [0.3, 0.4) is 0 Å². The lowest BCUT2D eigenvalue weighted by molar-refractivity contribution is 0.0530. The van der Waals surface area contributed by atoms with Crippen LogP contribution in [0.25, 0.3) is 5.69 Å². The molecule has 0 fully saturated rings. The molecule has 6 heteroatoms. The quantitative estimate of drug-likeness (QED) is 0.750. The SMILES string of the molecule is Cc1nn(-c2ccccc2)cc1C(=O)NCC(C)(O)c1ccsc1. The average molecular weight is 341 g/mol. The fraction of sp³-hybridized carbons (Fsp3) is 0.222. The number of hydrogen-bond donors (Lipinski definition) is 2. The summed E-state index contributed by atoms with van der Waals surface area (Å²) in [7, 11) is 0. The molecule has 3 rings (SSSR count). The number of nitrogens with zero attached hydrogens (tertiary/aromatic N) is 2. The number of carbonyl (C=O) groups is 1. The molecule has 2 heterocycles. The maximum absolute atomic E-state index is 12.5. The Morgan fingerprint density at radius 1 is 1.33 bits per heavy atom. The first-order valence-electron chi connectivity index (χ1n) is 7.62. The number of carbonyl (C=O) groups excluding carboxylic acids is 1. The van der Waals surface area contributed by atoms with E-state index in [1.54, 1.807) is 24.7 Å². The van der Waals surface area contributed by atoms with Crippen LogP contribution in [0.15, 0.2) is 53.4 Å². The highest BCUT2D eigenvalue weighted by atomic mass is 32.1. The van der Waals surface area contributed by atoms with E-state index in [1.165, 1.54) is 11.3 Å². The molecule has 5 nitrogen and oxygen atoms in total. The number of aromatic nitrogens is 2. The summed E-state index contributed by atoms with van der Waals surface area (Å²) in [6.45, 7) is 3.62. The first-order valence-corrected chi connectivity index (χ1v) is 8.56.